The SMILES string of the molecule is Cc1ccc(S(=O)(=O)Nc2cc(N=NC(=O)c3cccnc3)c(O)c3ccccc23)cc1. The fourth-order valence-electron chi connectivity index (χ4n) is 3.07. The Labute approximate surface area is 184 Å². The number of rotatable bonds is 5. The second-order valence-corrected chi connectivity index (χ2v) is 8.69. The van der Waals surface area contributed by atoms with Crippen molar-refractivity contribution in [2.45, 2.75) is 11.8 Å². The van der Waals surface area contributed by atoms with Crippen molar-refractivity contribution in [1.29, 1.82) is 0 Å². The molecule has 4 aromatic rings. The summed E-state index contributed by atoms with van der Waals surface area (Å²) in [5.74, 6) is -0.867. The third-order valence-electron chi connectivity index (χ3n) is 4.73. The highest BCUT2D eigenvalue weighted by Gasteiger charge is 2.18. The van der Waals surface area contributed by atoms with Crippen LogP contribution in [-0.2, 0) is 10.0 Å². The van der Waals surface area contributed by atoms with Gasteiger partial charge in [-0.25, -0.2) is 8.42 Å². The van der Waals surface area contributed by atoms with Gasteiger partial charge >= 0.3 is 0 Å². The molecule has 0 fully saturated rings. The van der Waals surface area contributed by atoms with E-state index in [4.69, 9.17) is 0 Å². The number of carbonyl (C=O) groups excluding carboxylic acids is 1. The molecule has 0 atom stereocenters. The maximum atomic E-state index is 12.9. The van der Waals surface area contributed by atoms with Crippen LogP contribution >= 0.6 is 0 Å². The van der Waals surface area contributed by atoms with Crippen molar-refractivity contribution in [3.63, 3.8) is 0 Å². The number of hydrogen-bond acceptors (Lipinski definition) is 6. The Kier molecular flexibility index (Phi) is 5.65. The average molecular weight is 446 g/mol. The lowest BCUT2D eigenvalue weighted by Crippen LogP contribution is -2.13. The van der Waals surface area contributed by atoms with Crippen LogP contribution in [0.2, 0.25) is 0 Å². The molecular weight excluding hydrogens is 428 g/mol. The molecule has 9 heteroatoms. The van der Waals surface area contributed by atoms with Crippen molar-refractivity contribution in [1.82, 2.24) is 4.98 Å². The molecule has 1 heterocycles. The number of aromatic nitrogens is 1. The van der Waals surface area contributed by atoms with E-state index in [1.54, 1.807) is 42.5 Å². The molecule has 3 aromatic carbocycles. The van der Waals surface area contributed by atoms with Crippen molar-refractivity contribution >= 4 is 38.1 Å². The zero-order chi connectivity index (χ0) is 22.7. The van der Waals surface area contributed by atoms with Gasteiger partial charge in [0.25, 0.3) is 15.9 Å². The molecule has 0 unspecified atom stereocenters. The van der Waals surface area contributed by atoms with Gasteiger partial charge in [-0.05, 0) is 37.3 Å². The summed E-state index contributed by atoms with van der Waals surface area (Å²) in [5, 5.41) is 19.0. The number of sulfonamides is 1. The van der Waals surface area contributed by atoms with Crippen molar-refractivity contribution in [2.75, 3.05) is 4.72 Å². The number of benzene rings is 3. The molecule has 160 valence electrons. The van der Waals surface area contributed by atoms with Crippen LogP contribution in [0.15, 0.2) is 94.2 Å². The molecule has 32 heavy (non-hydrogen) atoms. The smallest absolute Gasteiger partial charge is 0.296 e. The molecule has 0 aliphatic rings. The normalized spacial score (nSPS) is 11.7. The third-order valence-corrected chi connectivity index (χ3v) is 6.11. The number of amides is 1. The Balaban J connectivity index is 1.76. The third kappa shape index (κ3) is 4.33. The van der Waals surface area contributed by atoms with Gasteiger partial charge in [0.05, 0.1) is 16.1 Å². The number of fused-ring (bicyclic) bond motifs is 1. The number of carbonyl (C=O) groups is 1. The van der Waals surface area contributed by atoms with E-state index in [1.165, 1.54) is 36.7 Å². The second-order valence-electron chi connectivity index (χ2n) is 7.00. The number of pyridine rings is 1. The minimum absolute atomic E-state index is 0.0532. The standard InChI is InChI=1S/C23H18N4O4S/c1-15-8-10-17(11-9-15)32(30,31)27-20-13-21(22(28)19-7-3-2-6-18(19)20)25-26-23(29)16-5-4-12-24-14-16/h2-14,27-28H,1H3. The van der Waals surface area contributed by atoms with Gasteiger partial charge < -0.3 is 5.11 Å². The van der Waals surface area contributed by atoms with E-state index in [0.29, 0.717) is 10.8 Å². The van der Waals surface area contributed by atoms with Crippen molar-refractivity contribution < 1.29 is 18.3 Å². The monoisotopic (exact) mass is 446 g/mol. The summed E-state index contributed by atoms with van der Waals surface area (Å²) >= 11 is 0. The van der Waals surface area contributed by atoms with Gasteiger partial charge in [0.15, 0.2) is 5.75 Å². The maximum absolute atomic E-state index is 12.9. The lowest BCUT2D eigenvalue weighted by molar-refractivity contribution is 0.0994. The molecule has 0 saturated heterocycles. The minimum atomic E-state index is -3.90. The zero-order valence-corrected chi connectivity index (χ0v) is 17.7. The van der Waals surface area contributed by atoms with E-state index in [1.807, 2.05) is 6.92 Å². The molecule has 0 radical (unpaired) electrons. The lowest BCUT2D eigenvalue weighted by Gasteiger charge is -2.13. The highest BCUT2D eigenvalue weighted by molar-refractivity contribution is 7.92. The van der Waals surface area contributed by atoms with Gasteiger partial charge in [0.1, 0.15) is 5.69 Å². The quantitative estimate of drug-likeness (QED) is 0.331. The Hall–Kier alpha value is -4.11. The van der Waals surface area contributed by atoms with Crippen LogP contribution in [0.25, 0.3) is 10.8 Å². The summed E-state index contributed by atoms with van der Waals surface area (Å²) in [4.78, 5) is 16.2. The van der Waals surface area contributed by atoms with Crippen LogP contribution in [0.4, 0.5) is 11.4 Å². The fourth-order valence-corrected chi connectivity index (χ4v) is 4.14. The minimum Gasteiger partial charge on any atom is -0.505 e. The van der Waals surface area contributed by atoms with Gasteiger partial charge in [-0.1, -0.05) is 42.0 Å². The average Bonchev–Trinajstić information content (AvgIpc) is 2.80. The van der Waals surface area contributed by atoms with Gasteiger partial charge in [0, 0.05) is 23.2 Å². The highest BCUT2D eigenvalue weighted by atomic mass is 32.2. The predicted molar refractivity (Wildman–Crippen MR) is 121 cm³/mol. The number of aryl methyl sites for hydroxylation is 1. The van der Waals surface area contributed by atoms with Crippen molar-refractivity contribution in [3.05, 3.63) is 90.3 Å². The molecule has 2 N–H and O–H groups in total. The summed E-state index contributed by atoms with van der Waals surface area (Å²) in [6, 6.07) is 17.6. The van der Waals surface area contributed by atoms with Gasteiger partial charge in [0.2, 0.25) is 0 Å². The lowest BCUT2D eigenvalue weighted by atomic mass is 10.1. The predicted octanol–water partition coefficient (Wildman–Crippen LogP) is 4.97. The number of hydrogen-bond donors (Lipinski definition) is 2. The topological polar surface area (TPSA) is 121 Å². The van der Waals surface area contributed by atoms with Crippen LogP contribution in [0, 0.1) is 6.92 Å². The first-order valence-electron chi connectivity index (χ1n) is 9.55. The van der Waals surface area contributed by atoms with Gasteiger partial charge in [-0.2, -0.15) is 0 Å². The maximum Gasteiger partial charge on any atom is 0.296 e. The molecule has 1 aromatic heterocycles. The molecule has 8 nitrogen and oxygen atoms in total. The first-order valence-corrected chi connectivity index (χ1v) is 11.0. The second kappa shape index (κ2) is 8.56. The Morgan fingerprint density at radius 1 is 1.00 bits per heavy atom. The Morgan fingerprint density at radius 3 is 2.41 bits per heavy atom. The number of anilines is 1. The van der Waals surface area contributed by atoms with Crippen LogP contribution in [0.5, 0.6) is 5.75 Å². The summed E-state index contributed by atoms with van der Waals surface area (Å²) in [7, 11) is -3.90. The molecule has 0 bridgehead atoms. The summed E-state index contributed by atoms with van der Waals surface area (Å²) in [6.07, 6.45) is 2.87. The fraction of sp³-hybridized carbons (Fsp3) is 0.0435. The largest absolute Gasteiger partial charge is 0.505 e. The van der Waals surface area contributed by atoms with Crippen LogP contribution < -0.4 is 4.72 Å². The molecule has 0 saturated carbocycles. The molecular formula is C23H18N4O4S. The number of nitrogens with one attached hydrogen (secondary N) is 1. The van der Waals surface area contributed by atoms with Crippen molar-refractivity contribution in [3.8, 4) is 5.75 Å². The summed E-state index contributed by atoms with van der Waals surface area (Å²) in [6.45, 7) is 1.86. The number of azo groups is 1. The van der Waals surface area contributed by atoms with Gasteiger partial charge in [-0.15, -0.1) is 10.2 Å². The Bertz CT molecular complexity index is 1430. The van der Waals surface area contributed by atoms with Crippen LogP contribution in [0.3, 0.4) is 0 Å². The molecule has 0 spiro atoms. The molecule has 0 aliphatic heterocycles. The number of phenolic OH excluding ortho intramolecular Hbond substituents is 1. The number of aromatic hydroxyl groups is 1. The van der Waals surface area contributed by atoms with Crippen LogP contribution in [0.1, 0.15) is 15.9 Å². The Morgan fingerprint density at radius 2 is 1.72 bits per heavy atom. The molecule has 0 aliphatic carbocycles. The molecule has 4 rings (SSSR count). The van der Waals surface area contributed by atoms with E-state index in [-0.39, 0.29) is 27.6 Å². The summed E-state index contributed by atoms with van der Waals surface area (Å²) < 4.78 is 28.4. The van der Waals surface area contributed by atoms with Gasteiger partial charge in [-0.3, -0.25) is 14.5 Å². The van der Waals surface area contributed by atoms with E-state index in [0.717, 1.165) is 5.56 Å². The highest BCUT2D eigenvalue weighted by Crippen LogP contribution is 2.40. The van der Waals surface area contributed by atoms with Crippen LogP contribution in [-0.4, -0.2) is 24.4 Å². The summed E-state index contributed by atoms with van der Waals surface area (Å²) in [5.41, 5.74) is 1.31. The number of phenols is 1. The van der Waals surface area contributed by atoms with E-state index in [9.17, 15) is 18.3 Å². The van der Waals surface area contributed by atoms with Crippen molar-refractivity contribution in [2.24, 2.45) is 10.2 Å². The van der Waals surface area contributed by atoms with E-state index < -0.39 is 15.9 Å². The first-order chi connectivity index (χ1) is 15.3. The zero-order valence-electron chi connectivity index (χ0n) is 16.9. The van der Waals surface area contributed by atoms with E-state index in [2.05, 4.69) is 19.9 Å². The first kappa shape index (κ1) is 21.1. The van der Waals surface area contributed by atoms with E-state index >= 15 is 0 Å². The molecule has 1 amide bonds. The number of nitrogens with zero attached hydrogens (tertiary/aromatic N) is 3.